The van der Waals surface area contributed by atoms with Crippen molar-refractivity contribution in [3.05, 3.63) is 18.2 Å². The van der Waals surface area contributed by atoms with Crippen molar-refractivity contribution in [2.45, 2.75) is 11.3 Å². The van der Waals surface area contributed by atoms with Gasteiger partial charge >= 0.3 is 0 Å². The molecular formula is C13H14N2O5S3. The highest BCUT2D eigenvalue weighted by Crippen LogP contribution is 2.29. The summed E-state index contributed by atoms with van der Waals surface area (Å²) in [7, 11) is -6.43. The third-order valence-electron chi connectivity index (χ3n) is 3.62. The Kier molecular flexibility index (Phi) is 3.93. The van der Waals surface area contributed by atoms with E-state index in [-0.39, 0.29) is 22.3 Å². The molecule has 7 nitrogen and oxygen atoms in total. The SMILES string of the molecule is CS(=O)(=O)c1ccc2nc(NC(=O)C3CCS(=O)(=O)C3)sc2c1. The standard InChI is InChI=1S/C13H14N2O5S3/c1-22(17,18)9-2-3-10-11(6-9)21-13(14-10)15-12(16)8-4-5-23(19,20)7-8/h2-3,6,8H,4-5,7H2,1H3,(H,14,15,16). The Morgan fingerprint density at radius 2 is 2.13 bits per heavy atom. The van der Waals surface area contributed by atoms with Crippen molar-refractivity contribution < 1.29 is 21.6 Å². The fraction of sp³-hybridized carbons (Fsp3) is 0.385. The number of nitrogens with one attached hydrogen (secondary N) is 1. The average molecular weight is 374 g/mol. The van der Waals surface area contributed by atoms with Gasteiger partial charge in [0, 0.05) is 6.26 Å². The Labute approximate surface area is 137 Å². The molecule has 1 aromatic carbocycles. The second kappa shape index (κ2) is 5.53. The van der Waals surface area contributed by atoms with Crippen LogP contribution in [-0.2, 0) is 24.5 Å². The lowest BCUT2D eigenvalue weighted by Gasteiger charge is -2.06. The van der Waals surface area contributed by atoms with Gasteiger partial charge in [-0.25, -0.2) is 21.8 Å². The van der Waals surface area contributed by atoms with Gasteiger partial charge in [0.2, 0.25) is 5.91 Å². The van der Waals surface area contributed by atoms with Crippen molar-refractivity contribution in [3.8, 4) is 0 Å². The number of carbonyl (C=O) groups is 1. The maximum absolute atomic E-state index is 12.1. The van der Waals surface area contributed by atoms with E-state index < -0.39 is 25.6 Å². The Hall–Kier alpha value is -1.52. The molecule has 0 radical (unpaired) electrons. The van der Waals surface area contributed by atoms with E-state index in [1.165, 1.54) is 12.1 Å². The lowest BCUT2D eigenvalue weighted by atomic mass is 10.1. The van der Waals surface area contributed by atoms with Gasteiger partial charge in [-0.2, -0.15) is 0 Å². The molecule has 3 rings (SSSR count). The first-order valence-corrected chi connectivity index (χ1v) is 11.3. The van der Waals surface area contributed by atoms with Crippen molar-refractivity contribution in [3.63, 3.8) is 0 Å². The zero-order valence-electron chi connectivity index (χ0n) is 12.1. The van der Waals surface area contributed by atoms with Crippen LogP contribution in [0.5, 0.6) is 0 Å². The predicted molar refractivity (Wildman–Crippen MR) is 88.1 cm³/mol. The Morgan fingerprint density at radius 3 is 2.74 bits per heavy atom. The van der Waals surface area contributed by atoms with Crippen LogP contribution in [0.1, 0.15) is 6.42 Å². The molecule has 0 bridgehead atoms. The molecule has 10 heteroatoms. The number of fused-ring (bicyclic) bond motifs is 1. The second-order valence-corrected chi connectivity index (χ2v) is 10.8. The number of hydrogen-bond donors (Lipinski definition) is 1. The molecule has 23 heavy (non-hydrogen) atoms. The normalized spacial score (nSPS) is 20.7. The van der Waals surface area contributed by atoms with Gasteiger partial charge in [0.05, 0.1) is 32.5 Å². The largest absolute Gasteiger partial charge is 0.302 e. The van der Waals surface area contributed by atoms with Crippen molar-refractivity contribution in [2.24, 2.45) is 5.92 Å². The number of sulfone groups is 2. The van der Waals surface area contributed by atoms with Crippen LogP contribution in [0.3, 0.4) is 0 Å². The van der Waals surface area contributed by atoms with Crippen LogP contribution in [0, 0.1) is 5.92 Å². The lowest BCUT2D eigenvalue weighted by molar-refractivity contribution is -0.119. The van der Waals surface area contributed by atoms with Gasteiger partial charge in [-0.1, -0.05) is 11.3 Å². The highest BCUT2D eigenvalue weighted by Gasteiger charge is 2.33. The first-order chi connectivity index (χ1) is 10.6. The molecule has 124 valence electrons. The van der Waals surface area contributed by atoms with Gasteiger partial charge in [0.15, 0.2) is 24.8 Å². The van der Waals surface area contributed by atoms with Crippen molar-refractivity contribution in [1.82, 2.24) is 4.98 Å². The van der Waals surface area contributed by atoms with Crippen LogP contribution < -0.4 is 5.32 Å². The smallest absolute Gasteiger partial charge is 0.230 e. The molecule has 1 atom stereocenters. The van der Waals surface area contributed by atoms with E-state index in [0.717, 1.165) is 17.6 Å². The predicted octanol–water partition coefficient (Wildman–Crippen LogP) is 1.07. The molecule has 1 aromatic heterocycles. The molecule has 1 amide bonds. The highest BCUT2D eigenvalue weighted by molar-refractivity contribution is 7.91. The lowest BCUT2D eigenvalue weighted by Crippen LogP contribution is -2.23. The van der Waals surface area contributed by atoms with Crippen LogP contribution in [0.15, 0.2) is 23.1 Å². The highest BCUT2D eigenvalue weighted by atomic mass is 32.2. The van der Waals surface area contributed by atoms with Gasteiger partial charge in [-0.05, 0) is 24.6 Å². The molecule has 0 saturated carbocycles. The van der Waals surface area contributed by atoms with Crippen LogP contribution in [0.4, 0.5) is 5.13 Å². The molecule has 0 aliphatic carbocycles. The quantitative estimate of drug-likeness (QED) is 0.860. The summed E-state index contributed by atoms with van der Waals surface area (Å²) in [6.45, 7) is 0. The topological polar surface area (TPSA) is 110 Å². The van der Waals surface area contributed by atoms with Crippen molar-refractivity contribution >= 4 is 52.3 Å². The van der Waals surface area contributed by atoms with E-state index in [1.807, 2.05) is 0 Å². The van der Waals surface area contributed by atoms with Gasteiger partial charge in [0.25, 0.3) is 0 Å². The maximum Gasteiger partial charge on any atom is 0.230 e. The number of thiazole rings is 1. The first-order valence-electron chi connectivity index (χ1n) is 6.76. The molecule has 1 aliphatic heterocycles. The number of benzene rings is 1. The second-order valence-electron chi connectivity index (χ2n) is 5.51. The summed E-state index contributed by atoms with van der Waals surface area (Å²) in [4.78, 5) is 16.5. The Balaban J connectivity index is 1.83. The summed E-state index contributed by atoms with van der Waals surface area (Å²) >= 11 is 1.16. The van der Waals surface area contributed by atoms with Crippen LogP contribution in [0.25, 0.3) is 10.2 Å². The van der Waals surface area contributed by atoms with E-state index in [1.54, 1.807) is 6.07 Å². The first kappa shape index (κ1) is 16.3. The van der Waals surface area contributed by atoms with Crippen LogP contribution >= 0.6 is 11.3 Å². The Bertz CT molecular complexity index is 992. The number of amides is 1. The number of rotatable bonds is 3. The summed E-state index contributed by atoms with van der Waals surface area (Å²) < 4.78 is 46.6. The van der Waals surface area contributed by atoms with Gasteiger partial charge < -0.3 is 5.32 Å². The summed E-state index contributed by atoms with van der Waals surface area (Å²) in [5, 5.41) is 2.96. The minimum absolute atomic E-state index is 0.0304. The minimum atomic E-state index is -3.31. The third kappa shape index (κ3) is 3.54. The fourth-order valence-corrected chi connectivity index (χ4v) is 5.77. The van der Waals surface area contributed by atoms with E-state index in [0.29, 0.717) is 21.8 Å². The summed E-state index contributed by atoms with van der Waals surface area (Å²) in [5.74, 6) is -1.03. The number of aromatic nitrogens is 1. The van der Waals surface area contributed by atoms with Gasteiger partial charge in [-0.3, -0.25) is 4.79 Å². The molecule has 1 aliphatic rings. The molecule has 1 saturated heterocycles. The number of nitrogens with zero attached hydrogens (tertiary/aromatic N) is 1. The number of anilines is 1. The van der Waals surface area contributed by atoms with E-state index in [2.05, 4.69) is 10.3 Å². The van der Waals surface area contributed by atoms with Crippen molar-refractivity contribution in [1.29, 1.82) is 0 Å². The third-order valence-corrected chi connectivity index (χ3v) is 7.43. The average Bonchev–Trinajstić information content (AvgIpc) is 2.99. The summed E-state index contributed by atoms with van der Waals surface area (Å²) in [6.07, 6.45) is 1.44. The summed E-state index contributed by atoms with van der Waals surface area (Å²) in [6, 6.07) is 4.56. The monoisotopic (exact) mass is 374 g/mol. The van der Waals surface area contributed by atoms with E-state index >= 15 is 0 Å². The zero-order valence-corrected chi connectivity index (χ0v) is 14.6. The van der Waals surface area contributed by atoms with E-state index in [4.69, 9.17) is 0 Å². The molecule has 1 fully saturated rings. The Morgan fingerprint density at radius 1 is 1.39 bits per heavy atom. The fourth-order valence-electron chi connectivity index (χ4n) is 2.40. The van der Waals surface area contributed by atoms with E-state index in [9.17, 15) is 21.6 Å². The molecule has 1 N–H and O–H groups in total. The van der Waals surface area contributed by atoms with Crippen molar-refractivity contribution in [2.75, 3.05) is 23.1 Å². The number of hydrogen-bond acceptors (Lipinski definition) is 7. The zero-order chi connectivity index (χ0) is 16.8. The molecule has 2 aromatic rings. The van der Waals surface area contributed by atoms with Gasteiger partial charge in [0.1, 0.15) is 0 Å². The number of carbonyl (C=O) groups excluding carboxylic acids is 1. The molecular weight excluding hydrogens is 360 g/mol. The summed E-state index contributed by atoms with van der Waals surface area (Å²) in [5.41, 5.74) is 0.580. The van der Waals surface area contributed by atoms with Gasteiger partial charge in [-0.15, -0.1) is 0 Å². The van der Waals surface area contributed by atoms with Crippen LogP contribution in [-0.4, -0.2) is 45.5 Å². The molecule has 2 heterocycles. The molecule has 1 unspecified atom stereocenters. The molecule has 0 spiro atoms. The maximum atomic E-state index is 12.1. The minimum Gasteiger partial charge on any atom is -0.302 e. The van der Waals surface area contributed by atoms with Crippen LogP contribution in [0.2, 0.25) is 0 Å².